The molecule has 0 bridgehead atoms. The lowest BCUT2D eigenvalue weighted by Crippen LogP contribution is -2.25. The molecule has 0 saturated heterocycles. The molecule has 0 radical (unpaired) electrons. The second-order valence-electron chi connectivity index (χ2n) is 4.12. The van der Waals surface area contributed by atoms with E-state index in [-0.39, 0.29) is 5.95 Å². The van der Waals surface area contributed by atoms with Gasteiger partial charge in [0, 0.05) is 19.6 Å². The first kappa shape index (κ1) is 14.5. The summed E-state index contributed by atoms with van der Waals surface area (Å²) in [5, 5.41) is 3.19. The van der Waals surface area contributed by atoms with Crippen molar-refractivity contribution < 1.29 is 0 Å². The Morgan fingerprint density at radius 1 is 1.06 bits per heavy atom. The smallest absolute Gasteiger partial charge is 0.231 e. The number of aromatic nitrogens is 3. The normalized spacial score (nSPS) is 10.4. The second-order valence-corrected chi connectivity index (χ2v) is 4.12. The van der Waals surface area contributed by atoms with E-state index >= 15 is 0 Å². The van der Waals surface area contributed by atoms with E-state index in [4.69, 9.17) is 5.73 Å². The van der Waals surface area contributed by atoms with Crippen LogP contribution in [0.15, 0.2) is 0 Å². The third-order valence-corrected chi connectivity index (χ3v) is 2.75. The van der Waals surface area contributed by atoms with Crippen molar-refractivity contribution in [1.29, 1.82) is 0 Å². The highest BCUT2D eigenvalue weighted by molar-refractivity contribution is 5.41. The van der Waals surface area contributed by atoms with Crippen molar-refractivity contribution in [2.24, 2.45) is 0 Å². The molecule has 1 aromatic heterocycles. The molecule has 6 heteroatoms. The van der Waals surface area contributed by atoms with Gasteiger partial charge in [0.1, 0.15) is 0 Å². The number of hydrogen-bond donors (Lipinski definition) is 2. The van der Waals surface area contributed by atoms with Crippen LogP contribution in [0.1, 0.15) is 40.0 Å². The molecule has 6 nitrogen and oxygen atoms in total. The highest BCUT2D eigenvalue weighted by Crippen LogP contribution is 2.11. The summed E-state index contributed by atoms with van der Waals surface area (Å²) in [7, 11) is 0. The van der Waals surface area contributed by atoms with Gasteiger partial charge < -0.3 is 16.0 Å². The maximum Gasteiger partial charge on any atom is 0.231 e. The van der Waals surface area contributed by atoms with E-state index in [1.54, 1.807) is 0 Å². The molecule has 0 fully saturated rings. The molecule has 0 saturated carbocycles. The highest BCUT2D eigenvalue weighted by Gasteiger charge is 2.09. The van der Waals surface area contributed by atoms with Gasteiger partial charge in [0.05, 0.1) is 0 Å². The minimum Gasteiger partial charge on any atom is -0.368 e. The van der Waals surface area contributed by atoms with Crippen molar-refractivity contribution in [2.45, 2.75) is 40.0 Å². The Hall–Kier alpha value is -1.59. The van der Waals surface area contributed by atoms with Crippen LogP contribution in [0.25, 0.3) is 0 Å². The van der Waals surface area contributed by atoms with Gasteiger partial charge in [0.2, 0.25) is 17.8 Å². The molecule has 102 valence electrons. The summed E-state index contributed by atoms with van der Waals surface area (Å²) >= 11 is 0. The number of unbranched alkanes of at least 4 members (excludes halogenated alkanes) is 2. The van der Waals surface area contributed by atoms with Gasteiger partial charge >= 0.3 is 0 Å². The SMILES string of the molecule is CCCCCNc1nc(N)nc(N(CC)CC)n1. The monoisotopic (exact) mass is 252 g/mol. The van der Waals surface area contributed by atoms with Crippen molar-refractivity contribution in [3.05, 3.63) is 0 Å². The van der Waals surface area contributed by atoms with Crippen LogP contribution in [0.3, 0.4) is 0 Å². The Kier molecular flexibility index (Phi) is 6.18. The third kappa shape index (κ3) is 4.35. The number of nitrogen functional groups attached to an aromatic ring is 1. The zero-order valence-corrected chi connectivity index (χ0v) is 11.6. The van der Waals surface area contributed by atoms with Crippen molar-refractivity contribution in [3.63, 3.8) is 0 Å². The lowest BCUT2D eigenvalue weighted by Gasteiger charge is -2.19. The fourth-order valence-corrected chi connectivity index (χ4v) is 1.68. The van der Waals surface area contributed by atoms with Gasteiger partial charge in [-0.05, 0) is 20.3 Å². The number of nitrogens with two attached hydrogens (primary N) is 1. The zero-order chi connectivity index (χ0) is 13.4. The van der Waals surface area contributed by atoms with Gasteiger partial charge in [-0.1, -0.05) is 19.8 Å². The van der Waals surface area contributed by atoms with Crippen molar-refractivity contribution in [3.8, 4) is 0 Å². The molecule has 3 N–H and O–H groups in total. The molecule has 0 aliphatic heterocycles. The molecule has 0 aromatic carbocycles. The standard InChI is InChI=1S/C12H24N6/c1-4-7-8-9-14-11-15-10(13)16-12(17-11)18(5-2)6-3/h4-9H2,1-3H3,(H3,13,14,15,16,17). The maximum absolute atomic E-state index is 5.71. The van der Waals surface area contributed by atoms with Gasteiger partial charge in [-0.2, -0.15) is 15.0 Å². The predicted molar refractivity (Wildman–Crippen MR) is 75.8 cm³/mol. The van der Waals surface area contributed by atoms with Crippen molar-refractivity contribution in [1.82, 2.24) is 15.0 Å². The first-order chi connectivity index (χ1) is 8.71. The number of hydrogen-bond acceptors (Lipinski definition) is 6. The van der Waals surface area contributed by atoms with Crippen LogP contribution in [-0.4, -0.2) is 34.6 Å². The largest absolute Gasteiger partial charge is 0.368 e. The summed E-state index contributed by atoms with van der Waals surface area (Å²) in [5.74, 6) is 1.48. The lowest BCUT2D eigenvalue weighted by atomic mass is 10.2. The molecule has 0 spiro atoms. The van der Waals surface area contributed by atoms with Gasteiger partial charge in [-0.25, -0.2) is 0 Å². The summed E-state index contributed by atoms with van der Waals surface area (Å²) < 4.78 is 0. The van der Waals surface area contributed by atoms with E-state index in [9.17, 15) is 0 Å². The number of nitrogens with one attached hydrogen (secondary N) is 1. The van der Waals surface area contributed by atoms with Gasteiger partial charge in [0.15, 0.2) is 0 Å². The first-order valence-electron chi connectivity index (χ1n) is 6.71. The van der Waals surface area contributed by atoms with E-state index in [2.05, 4.69) is 45.9 Å². The molecule has 0 aliphatic carbocycles. The van der Waals surface area contributed by atoms with Crippen LogP contribution >= 0.6 is 0 Å². The lowest BCUT2D eigenvalue weighted by molar-refractivity contribution is 0.738. The Bertz CT molecular complexity index is 350. The van der Waals surface area contributed by atoms with Crippen LogP contribution in [-0.2, 0) is 0 Å². The van der Waals surface area contributed by atoms with Gasteiger partial charge in [-0.3, -0.25) is 0 Å². The molecule has 18 heavy (non-hydrogen) atoms. The van der Waals surface area contributed by atoms with Crippen molar-refractivity contribution in [2.75, 3.05) is 35.6 Å². The van der Waals surface area contributed by atoms with Crippen LogP contribution in [0.2, 0.25) is 0 Å². The Balaban J connectivity index is 2.68. The number of nitrogens with zero attached hydrogens (tertiary/aromatic N) is 4. The molecule has 1 aromatic rings. The van der Waals surface area contributed by atoms with E-state index in [1.807, 2.05) is 0 Å². The highest BCUT2D eigenvalue weighted by atomic mass is 15.3. The fourth-order valence-electron chi connectivity index (χ4n) is 1.68. The average Bonchev–Trinajstić information content (AvgIpc) is 2.36. The molecular formula is C12H24N6. The maximum atomic E-state index is 5.71. The molecule has 0 aliphatic rings. The third-order valence-electron chi connectivity index (χ3n) is 2.75. The molecule has 1 rings (SSSR count). The fraction of sp³-hybridized carbons (Fsp3) is 0.750. The van der Waals surface area contributed by atoms with E-state index in [0.717, 1.165) is 26.1 Å². The van der Waals surface area contributed by atoms with Crippen LogP contribution in [0, 0.1) is 0 Å². The Morgan fingerprint density at radius 3 is 2.39 bits per heavy atom. The Labute approximate surface area is 109 Å². The van der Waals surface area contributed by atoms with Crippen LogP contribution in [0.4, 0.5) is 17.8 Å². The number of rotatable bonds is 8. The molecule has 0 unspecified atom stereocenters. The van der Waals surface area contributed by atoms with E-state index in [0.29, 0.717) is 11.9 Å². The van der Waals surface area contributed by atoms with Crippen molar-refractivity contribution >= 4 is 17.8 Å². The number of anilines is 3. The summed E-state index contributed by atoms with van der Waals surface area (Å²) in [6.45, 7) is 8.90. The zero-order valence-electron chi connectivity index (χ0n) is 11.6. The molecule has 1 heterocycles. The summed E-state index contributed by atoms with van der Waals surface area (Å²) in [6, 6.07) is 0. The average molecular weight is 252 g/mol. The molecular weight excluding hydrogens is 228 g/mol. The Morgan fingerprint density at radius 2 is 1.78 bits per heavy atom. The van der Waals surface area contributed by atoms with Gasteiger partial charge in [0.25, 0.3) is 0 Å². The summed E-state index contributed by atoms with van der Waals surface area (Å²) in [4.78, 5) is 14.7. The minimum atomic E-state index is 0.268. The molecule has 0 amide bonds. The second kappa shape index (κ2) is 7.68. The summed E-state index contributed by atoms with van der Waals surface area (Å²) in [6.07, 6.45) is 3.52. The minimum absolute atomic E-state index is 0.268. The predicted octanol–water partition coefficient (Wildman–Crippen LogP) is 1.90. The first-order valence-corrected chi connectivity index (χ1v) is 6.71. The molecule has 0 atom stereocenters. The summed E-state index contributed by atoms with van der Waals surface area (Å²) in [5.41, 5.74) is 5.71. The van der Waals surface area contributed by atoms with E-state index < -0.39 is 0 Å². The van der Waals surface area contributed by atoms with Crippen LogP contribution in [0.5, 0.6) is 0 Å². The van der Waals surface area contributed by atoms with E-state index in [1.165, 1.54) is 12.8 Å². The topological polar surface area (TPSA) is 80.0 Å². The van der Waals surface area contributed by atoms with Crippen LogP contribution < -0.4 is 16.0 Å². The quantitative estimate of drug-likeness (QED) is 0.688. The van der Waals surface area contributed by atoms with Gasteiger partial charge in [-0.15, -0.1) is 0 Å².